The van der Waals surface area contributed by atoms with E-state index in [1.807, 2.05) is 42.2 Å². The fourth-order valence-electron chi connectivity index (χ4n) is 2.70. The zero-order chi connectivity index (χ0) is 17.1. The molecule has 0 aromatic heterocycles. The number of rotatable bonds is 4. The molecule has 0 radical (unpaired) electrons. The van der Waals surface area contributed by atoms with Gasteiger partial charge in [0.1, 0.15) is 0 Å². The second-order valence-electron chi connectivity index (χ2n) is 5.76. The summed E-state index contributed by atoms with van der Waals surface area (Å²) in [6.45, 7) is 2.49. The third kappa shape index (κ3) is 3.96. The molecule has 1 N–H and O–H groups in total. The minimum absolute atomic E-state index is 0.0822. The van der Waals surface area contributed by atoms with Crippen molar-refractivity contribution >= 4 is 11.6 Å². The Morgan fingerprint density at radius 3 is 2.30 bits per heavy atom. The van der Waals surface area contributed by atoms with Gasteiger partial charge in [-0.2, -0.15) is 13.2 Å². The van der Waals surface area contributed by atoms with Crippen molar-refractivity contribution in [2.75, 3.05) is 31.1 Å². The highest BCUT2D eigenvalue weighted by Crippen LogP contribution is 2.38. The number of alkyl halides is 3. The molecular formula is C16H21F3N2O2. The Hall–Kier alpha value is -1.76. The van der Waals surface area contributed by atoms with Gasteiger partial charge < -0.3 is 14.9 Å². The smallest absolute Gasteiger partial charge is 0.380 e. The molecule has 1 aromatic carbocycles. The van der Waals surface area contributed by atoms with Crippen LogP contribution in [0.1, 0.15) is 19.8 Å². The van der Waals surface area contributed by atoms with E-state index in [2.05, 4.69) is 0 Å². The van der Waals surface area contributed by atoms with E-state index in [-0.39, 0.29) is 25.5 Å². The molecule has 0 saturated carbocycles. The summed E-state index contributed by atoms with van der Waals surface area (Å²) in [5.74, 6) is -0.222. The van der Waals surface area contributed by atoms with Crippen molar-refractivity contribution in [3.63, 3.8) is 0 Å². The van der Waals surface area contributed by atoms with Crippen LogP contribution in [-0.4, -0.2) is 53.9 Å². The van der Waals surface area contributed by atoms with Crippen LogP contribution in [0.25, 0.3) is 0 Å². The number of hydrogen-bond acceptors (Lipinski definition) is 3. The summed E-state index contributed by atoms with van der Waals surface area (Å²) < 4.78 is 38.3. The zero-order valence-corrected chi connectivity index (χ0v) is 13.0. The molecule has 128 valence electrons. The second kappa shape index (κ2) is 6.78. The summed E-state index contributed by atoms with van der Waals surface area (Å²) in [6.07, 6.45) is -5.60. The molecule has 0 atom stereocenters. The Kier molecular flexibility index (Phi) is 5.19. The van der Waals surface area contributed by atoms with Crippen molar-refractivity contribution in [1.82, 2.24) is 4.90 Å². The van der Waals surface area contributed by atoms with Gasteiger partial charge in [-0.3, -0.25) is 4.79 Å². The van der Waals surface area contributed by atoms with E-state index < -0.39 is 24.6 Å². The van der Waals surface area contributed by atoms with Crippen LogP contribution in [0.3, 0.4) is 0 Å². The standard InChI is InChI=1S/C16H21F3N2O2/c1-2-20(13-6-4-3-5-7-13)12-14(22)21-10-8-15(23,9-11-21)16(17,18)19/h3-7,23H,2,8-12H2,1H3. The van der Waals surface area contributed by atoms with Gasteiger partial charge >= 0.3 is 6.18 Å². The van der Waals surface area contributed by atoms with Gasteiger partial charge in [0.05, 0.1) is 6.54 Å². The molecule has 1 aliphatic rings. The van der Waals surface area contributed by atoms with Crippen molar-refractivity contribution in [2.45, 2.75) is 31.5 Å². The Labute approximate surface area is 133 Å². The number of carbonyl (C=O) groups is 1. The number of likely N-dealkylation sites (tertiary alicyclic amines) is 1. The molecule has 1 amide bonds. The maximum atomic E-state index is 12.8. The lowest BCUT2D eigenvalue weighted by atomic mass is 9.91. The number of piperidine rings is 1. The monoisotopic (exact) mass is 330 g/mol. The Morgan fingerprint density at radius 1 is 1.26 bits per heavy atom. The summed E-state index contributed by atoms with van der Waals surface area (Å²) in [4.78, 5) is 15.6. The first-order chi connectivity index (χ1) is 10.8. The highest BCUT2D eigenvalue weighted by atomic mass is 19.4. The fraction of sp³-hybridized carbons (Fsp3) is 0.562. The fourth-order valence-corrected chi connectivity index (χ4v) is 2.70. The first-order valence-corrected chi connectivity index (χ1v) is 7.64. The Bertz CT molecular complexity index is 526. The van der Waals surface area contributed by atoms with Crippen molar-refractivity contribution in [3.8, 4) is 0 Å². The second-order valence-corrected chi connectivity index (χ2v) is 5.76. The minimum atomic E-state index is -4.65. The van der Waals surface area contributed by atoms with E-state index in [0.29, 0.717) is 6.54 Å². The van der Waals surface area contributed by atoms with Crippen LogP contribution >= 0.6 is 0 Å². The Balaban J connectivity index is 1.95. The average molecular weight is 330 g/mol. The molecular weight excluding hydrogens is 309 g/mol. The minimum Gasteiger partial charge on any atom is -0.380 e. The molecule has 0 aliphatic carbocycles. The van der Waals surface area contributed by atoms with Crippen molar-refractivity contribution in [2.24, 2.45) is 0 Å². The molecule has 0 unspecified atom stereocenters. The van der Waals surface area contributed by atoms with Crippen LogP contribution in [0.5, 0.6) is 0 Å². The molecule has 23 heavy (non-hydrogen) atoms. The predicted molar refractivity (Wildman–Crippen MR) is 81.1 cm³/mol. The molecule has 1 aliphatic heterocycles. The van der Waals surface area contributed by atoms with E-state index in [4.69, 9.17) is 0 Å². The molecule has 7 heteroatoms. The van der Waals surface area contributed by atoms with Crippen LogP contribution in [0.4, 0.5) is 18.9 Å². The van der Waals surface area contributed by atoms with Gasteiger partial charge in [0.15, 0.2) is 5.60 Å². The first-order valence-electron chi connectivity index (χ1n) is 7.64. The van der Waals surface area contributed by atoms with E-state index in [1.165, 1.54) is 4.90 Å². The topological polar surface area (TPSA) is 43.8 Å². The largest absolute Gasteiger partial charge is 0.417 e. The lowest BCUT2D eigenvalue weighted by Gasteiger charge is -2.39. The number of carbonyl (C=O) groups excluding carboxylic acids is 1. The first kappa shape index (κ1) is 17.6. The lowest BCUT2D eigenvalue weighted by molar-refractivity contribution is -0.272. The molecule has 0 spiro atoms. The number of nitrogens with zero attached hydrogens (tertiary/aromatic N) is 2. The number of aliphatic hydroxyl groups is 1. The predicted octanol–water partition coefficient (Wildman–Crippen LogP) is 2.43. The van der Waals surface area contributed by atoms with Gasteiger partial charge in [0.2, 0.25) is 5.91 Å². The van der Waals surface area contributed by atoms with Gasteiger partial charge in [0, 0.05) is 38.2 Å². The Morgan fingerprint density at radius 2 is 1.83 bits per heavy atom. The van der Waals surface area contributed by atoms with Gasteiger partial charge in [-0.05, 0) is 19.1 Å². The number of benzene rings is 1. The normalized spacial score (nSPS) is 17.9. The SMILES string of the molecule is CCN(CC(=O)N1CCC(O)(C(F)(F)F)CC1)c1ccccc1. The number of anilines is 1. The molecule has 1 heterocycles. The molecule has 1 saturated heterocycles. The summed E-state index contributed by atoms with van der Waals surface area (Å²) in [7, 11) is 0. The highest BCUT2D eigenvalue weighted by molar-refractivity contribution is 5.81. The summed E-state index contributed by atoms with van der Waals surface area (Å²) in [6, 6.07) is 9.38. The average Bonchev–Trinajstić information content (AvgIpc) is 2.53. The number of halogens is 3. The van der Waals surface area contributed by atoms with E-state index in [0.717, 1.165) is 5.69 Å². The van der Waals surface area contributed by atoms with Crippen molar-refractivity contribution in [3.05, 3.63) is 30.3 Å². The summed E-state index contributed by atoms with van der Waals surface area (Å²) >= 11 is 0. The van der Waals surface area contributed by atoms with Gasteiger partial charge in [-0.15, -0.1) is 0 Å². The van der Waals surface area contributed by atoms with Crippen molar-refractivity contribution in [1.29, 1.82) is 0 Å². The number of likely N-dealkylation sites (N-methyl/N-ethyl adjacent to an activating group) is 1. The molecule has 2 rings (SSSR count). The number of para-hydroxylation sites is 1. The van der Waals surface area contributed by atoms with Crippen LogP contribution in [-0.2, 0) is 4.79 Å². The third-order valence-electron chi connectivity index (χ3n) is 4.30. The summed E-state index contributed by atoms with van der Waals surface area (Å²) in [5.41, 5.74) is -1.78. The quantitative estimate of drug-likeness (QED) is 0.922. The van der Waals surface area contributed by atoms with Gasteiger partial charge in [-0.25, -0.2) is 0 Å². The molecule has 1 fully saturated rings. The summed E-state index contributed by atoms with van der Waals surface area (Å²) in [5, 5.41) is 9.64. The van der Waals surface area contributed by atoms with Crippen LogP contribution < -0.4 is 4.90 Å². The van der Waals surface area contributed by atoms with Gasteiger partial charge in [0.25, 0.3) is 0 Å². The molecule has 0 bridgehead atoms. The van der Waals surface area contributed by atoms with Crippen molar-refractivity contribution < 1.29 is 23.1 Å². The zero-order valence-electron chi connectivity index (χ0n) is 13.0. The molecule has 4 nitrogen and oxygen atoms in total. The van der Waals surface area contributed by atoms with Crippen LogP contribution in [0, 0.1) is 0 Å². The van der Waals surface area contributed by atoms with E-state index >= 15 is 0 Å². The van der Waals surface area contributed by atoms with Crippen LogP contribution in [0.2, 0.25) is 0 Å². The molecule has 1 aromatic rings. The highest BCUT2D eigenvalue weighted by Gasteiger charge is 2.54. The van der Waals surface area contributed by atoms with Gasteiger partial charge in [-0.1, -0.05) is 18.2 Å². The number of amides is 1. The maximum absolute atomic E-state index is 12.8. The lowest BCUT2D eigenvalue weighted by Crippen LogP contribution is -2.55. The van der Waals surface area contributed by atoms with Crippen LogP contribution in [0.15, 0.2) is 30.3 Å². The number of hydrogen-bond donors (Lipinski definition) is 1. The van der Waals surface area contributed by atoms with E-state index in [1.54, 1.807) is 0 Å². The van der Waals surface area contributed by atoms with E-state index in [9.17, 15) is 23.1 Å². The third-order valence-corrected chi connectivity index (χ3v) is 4.30. The maximum Gasteiger partial charge on any atom is 0.417 e.